The summed E-state index contributed by atoms with van der Waals surface area (Å²) in [5, 5.41) is 0. The van der Waals surface area contributed by atoms with Crippen LogP contribution in [0.4, 0.5) is 5.82 Å². The SMILES string of the molecule is O=C(CCCN1CCN(c2ccccn2)CC1)c1ccc2c(c1)OCC=CO2. The second-order valence-corrected chi connectivity index (χ2v) is 7.01. The highest BCUT2D eigenvalue weighted by molar-refractivity contribution is 5.96. The number of piperazine rings is 1. The third-order valence-corrected chi connectivity index (χ3v) is 5.12. The third kappa shape index (κ3) is 4.51. The lowest BCUT2D eigenvalue weighted by molar-refractivity contribution is 0.0973. The number of aromatic nitrogens is 1. The van der Waals surface area contributed by atoms with Crippen LogP contribution in [0.15, 0.2) is 54.9 Å². The number of hydrogen-bond donors (Lipinski definition) is 0. The molecule has 2 aliphatic heterocycles. The van der Waals surface area contributed by atoms with Gasteiger partial charge >= 0.3 is 0 Å². The summed E-state index contributed by atoms with van der Waals surface area (Å²) < 4.78 is 11.1. The Bertz CT molecular complexity index is 830. The average molecular weight is 379 g/mol. The molecule has 0 bridgehead atoms. The van der Waals surface area contributed by atoms with Gasteiger partial charge in [-0.3, -0.25) is 9.69 Å². The monoisotopic (exact) mass is 379 g/mol. The van der Waals surface area contributed by atoms with Crippen LogP contribution in [0.1, 0.15) is 23.2 Å². The van der Waals surface area contributed by atoms with Crippen molar-refractivity contribution in [2.45, 2.75) is 12.8 Å². The highest BCUT2D eigenvalue weighted by Crippen LogP contribution is 2.30. The zero-order valence-electron chi connectivity index (χ0n) is 15.9. The number of anilines is 1. The van der Waals surface area contributed by atoms with Crippen LogP contribution in [0.2, 0.25) is 0 Å². The van der Waals surface area contributed by atoms with Crippen LogP contribution in [0.5, 0.6) is 11.5 Å². The molecule has 146 valence electrons. The largest absolute Gasteiger partial charge is 0.485 e. The summed E-state index contributed by atoms with van der Waals surface area (Å²) in [6.07, 6.45) is 6.65. The normalized spacial score (nSPS) is 16.6. The van der Waals surface area contributed by atoms with Gasteiger partial charge in [0.2, 0.25) is 0 Å². The van der Waals surface area contributed by atoms with E-state index in [0.717, 1.165) is 45.0 Å². The van der Waals surface area contributed by atoms with E-state index >= 15 is 0 Å². The van der Waals surface area contributed by atoms with Gasteiger partial charge in [0, 0.05) is 44.4 Å². The fourth-order valence-corrected chi connectivity index (χ4v) is 3.54. The smallest absolute Gasteiger partial charge is 0.168 e. The van der Waals surface area contributed by atoms with E-state index in [4.69, 9.17) is 9.47 Å². The van der Waals surface area contributed by atoms with Crippen molar-refractivity contribution in [3.05, 3.63) is 60.5 Å². The van der Waals surface area contributed by atoms with Crippen LogP contribution >= 0.6 is 0 Å². The number of nitrogens with zero attached hydrogens (tertiary/aromatic N) is 3. The quantitative estimate of drug-likeness (QED) is 0.719. The summed E-state index contributed by atoms with van der Waals surface area (Å²) in [6, 6.07) is 11.4. The van der Waals surface area contributed by atoms with E-state index in [1.54, 1.807) is 24.5 Å². The lowest BCUT2D eigenvalue weighted by Gasteiger charge is -2.35. The molecule has 3 heterocycles. The maximum atomic E-state index is 12.5. The van der Waals surface area contributed by atoms with Crippen molar-refractivity contribution in [3.63, 3.8) is 0 Å². The Hall–Kier alpha value is -2.86. The van der Waals surface area contributed by atoms with Crippen LogP contribution in [0, 0.1) is 0 Å². The molecule has 0 unspecified atom stereocenters. The predicted molar refractivity (Wildman–Crippen MR) is 108 cm³/mol. The Kier molecular flexibility index (Phi) is 5.87. The standard InChI is InChI=1S/C22H25N3O3/c26-19(18-7-8-20-21(17-18)28-16-4-15-27-20)5-3-10-24-11-13-25(14-12-24)22-6-1-2-9-23-22/h1-2,4,6-9,15,17H,3,5,10-14,16H2. The Morgan fingerprint density at radius 3 is 2.79 bits per heavy atom. The van der Waals surface area contributed by atoms with Gasteiger partial charge in [0.15, 0.2) is 17.3 Å². The molecular formula is C22H25N3O3. The summed E-state index contributed by atoms with van der Waals surface area (Å²) in [6.45, 7) is 5.34. The van der Waals surface area contributed by atoms with Gasteiger partial charge in [-0.15, -0.1) is 0 Å². The third-order valence-electron chi connectivity index (χ3n) is 5.12. The predicted octanol–water partition coefficient (Wildman–Crippen LogP) is 3.15. The molecule has 6 nitrogen and oxygen atoms in total. The van der Waals surface area contributed by atoms with Gasteiger partial charge in [0.25, 0.3) is 0 Å². The Balaban J connectivity index is 1.22. The van der Waals surface area contributed by atoms with Gasteiger partial charge in [-0.1, -0.05) is 6.07 Å². The van der Waals surface area contributed by atoms with E-state index in [1.165, 1.54) is 0 Å². The van der Waals surface area contributed by atoms with Crippen LogP contribution in [0.25, 0.3) is 0 Å². The molecular weight excluding hydrogens is 354 g/mol. The molecule has 6 heteroatoms. The van der Waals surface area contributed by atoms with Gasteiger partial charge in [-0.25, -0.2) is 4.98 Å². The number of pyridine rings is 1. The number of ketones is 1. The topological polar surface area (TPSA) is 54.9 Å². The first kappa shape index (κ1) is 18.5. The van der Waals surface area contributed by atoms with Crippen LogP contribution in [-0.4, -0.2) is 55.0 Å². The molecule has 4 rings (SSSR count). The van der Waals surface area contributed by atoms with E-state index in [2.05, 4.69) is 20.9 Å². The number of carbonyl (C=O) groups is 1. The number of Topliss-reactive ketones (excluding diaryl/α,β-unsaturated/α-hetero) is 1. The van der Waals surface area contributed by atoms with Gasteiger partial charge in [0.1, 0.15) is 12.4 Å². The number of carbonyl (C=O) groups excluding carboxylic acids is 1. The van der Waals surface area contributed by atoms with Crippen molar-refractivity contribution in [2.24, 2.45) is 0 Å². The fourth-order valence-electron chi connectivity index (χ4n) is 3.54. The molecule has 0 amide bonds. The highest BCUT2D eigenvalue weighted by atomic mass is 16.5. The molecule has 0 saturated carbocycles. The van der Waals surface area contributed by atoms with Crippen molar-refractivity contribution < 1.29 is 14.3 Å². The van der Waals surface area contributed by atoms with Crippen LogP contribution in [-0.2, 0) is 0 Å². The van der Waals surface area contributed by atoms with E-state index in [9.17, 15) is 4.79 Å². The molecule has 0 spiro atoms. The summed E-state index contributed by atoms with van der Waals surface area (Å²) >= 11 is 0. The number of benzene rings is 1. The lowest BCUT2D eigenvalue weighted by Crippen LogP contribution is -2.46. The molecule has 0 radical (unpaired) electrons. The van der Waals surface area contributed by atoms with E-state index < -0.39 is 0 Å². The van der Waals surface area contributed by atoms with Gasteiger partial charge < -0.3 is 14.4 Å². The van der Waals surface area contributed by atoms with Gasteiger partial charge in [-0.2, -0.15) is 0 Å². The van der Waals surface area contributed by atoms with E-state index in [0.29, 0.717) is 30.1 Å². The molecule has 0 N–H and O–H groups in total. The fraction of sp³-hybridized carbons (Fsp3) is 0.364. The zero-order valence-corrected chi connectivity index (χ0v) is 15.9. The summed E-state index contributed by atoms with van der Waals surface area (Å²) in [5.41, 5.74) is 0.684. The first-order valence-electron chi connectivity index (χ1n) is 9.80. The molecule has 1 aromatic carbocycles. The molecule has 28 heavy (non-hydrogen) atoms. The summed E-state index contributed by atoms with van der Waals surface area (Å²) in [4.78, 5) is 21.7. The highest BCUT2D eigenvalue weighted by Gasteiger charge is 2.18. The molecule has 0 aliphatic carbocycles. The molecule has 1 fully saturated rings. The van der Waals surface area contributed by atoms with Gasteiger partial charge in [0.05, 0.1) is 6.26 Å². The Morgan fingerprint density at radius 2 is 1.96 bits per heavy atom. The molecule has 2 aliphatic rings. The number of rotatable bonds is 6. The zero-order chi connectivity index (χ0) is 19.2. The van der Waals surface area contributed by atoms with Crippen molar-refractivity contribution in [1.29, 1.82) is 0 Å². The molecule has 1 saturated heterocycles. The van der Waals surface area contributed by atoms with Crippen molar-refractivity contribution in [2.75, 3.05) is 44.2 Å². The minimum atomic E-state index is 0.149. The minimum Gasteiger partial charge on any atom is -0.485 e. The minimum absolute atomic E-state index is 0.149. The summed E-state index contributed by atoms with van der Waals surface area (Å²) in [5.74, 6) is 2.47. The summed E-state index contributed by atoms with van der Waals surface area (Å²) in [7, 11) is 0. The Labute approximate surface area is 165 Å². The van der Waals surface area contributed by atoms with E-state index in [1.807, 2.05) is 24.4 Å². The van der Waals surface area contributed by atoms with E-state index in [-0.39, 0.29) is 5.78 Å². The van der Waals surface area contributed by atoms with Crippen molar-refractivity contribution in [3.8, 4) is 11.5 Å². The molecule has 1 aromatic heterocycles. The maximum Gasteiger partial charge on any atom is 0.168 e. The first-order chi connectivity index (χ1) is 13.8. The van der Waals surface area contributed by atoms with Crippen LogP contribution in [0.3, 0.4) is 0 Å². The van der Waals surface area contributed by atoms with Crippen molar-refractivity contribution >= 4 is 11.6 Å². The van der Waals surface area contributed by atoms with Crippen molar-refractivity contribution in [1.82, 2.24) is 9.88 Å². The number of ether oxygens (including phenoxy) is 2. The Morgan fingerprint density at radius 1 is 1.07 bits per heavy atom. The second kappa shape index (κ2) is 8.89. The second-order valence-electron chi connectivity index (χ2n) is 7.01. The lowest BCUT2D eigenvalue weighted by atomic mass is 10.1. The molecule has 0 atom stereocenters. The first-order valence-corrected chi connectivity index (χ1v) is 9.80. The maximum absolute atomic E-state index is 12.5. The molecule has 2 aromatic rings. The van der Waals surface area contributed by atoms with Crippen LogP contribution < -0.4 is 14.4 Å². The van der Waals surface area contributed by atoms with Gasteiger partial charge in [-0.05, 0) is 49.4 Å². The number of hydrogen-bond acceptors (Lipinski definition) is 6. The average Bonchev–Trinajstić information content (AvgIpc) is 2.99. The number of fused-ring (bicyclic) bond motifs is 1.